The Morgan fingerprint density at radius 3 is 2.40 bits per heavy atom. The number of halogens is 3. The van der Waals surface area contributed by atoms with Crippen LogP contribution < -0.4 is 5.73 Å². The normalized spacial score (nSPS) is 18.7. The number of rotatable bonds is 2. The third kappa shape index (κ3) is 1.86. The van der Waals surface area contributed by atoms with E-state index < -0.39 is 23.5 Å². The lowest BCUT2D eigenvalue weighted by Crippen LogP contribution is -2.28. The summed E-state index contributed by atoms with van der Waals surface area (Å²) < 4.78 is 39.1. The molecule has 1 atom stereocenters. The van der Waals surface area contributed by atoms with Crippen molar-refractivity contribution in [3.63, 3.8) is 0 Å². The van der Waals surface area contributed by atoms with Gasteiger partial charge in [-0.3, -0.25) is 0 Å². The Morgan fingerprint density at radius 1 is 1.20 bits per heavy atom. The van der Waals surface area contributed by atoms with Crippen molar-refractivity contribution in [1.29, 1.82) is 0 Å². The maximum Gasteiger partial charge on any atom is 0.163 e. The largest absolute Gasteiger partial charge is 0.324 e. The zero-order valence-electron chi connectivity index (χ0n) is 8.14. The molecule has 0 saturated heterocycles. The van der Waals surface area contributed by atoms with Gasteiger partial charge in [0.15, 0.2) is 11.6 Å². The van der Waals surface area contributed by atoms with E-state index in [0.717, 1.165) is 25.3 Å². The van der Waals surface area contributed by atoms with E-state index in [2.05, 4.69) is 0 Å². The first-order chi connectivity index (χ1) is 7.09. The molecule has 1 aliphatic rings. The molecule has 0 spiro atoms. The molecular formula is C11H12F3N. The first kappa shape index (κ1) is 10.5. The molecule has 15 heavy (non-hydrogen) atoms. The summed E-state index contributed by atoms with van der Waals surface area (Å²) in [5.41, 5.74) is 5.72. The van der Waals surface area contributed by atoms with Gasteiger partial charge in [-0.05, 0) is 24.8 Å². The zero-order chi connectivity index (χ0) is 11.0. The molecule has 0 aliphatic heterocycles. The van der Waals surface area contributed by atoms with Gasteiger partial charge in [0.1, 0.15) is 5.82 Å². The minimum Gasteiger partial charge on any atom is -0.324 e. The van der Waals surface area contributed by atoms with Gasteiger partial charge in [0.05, 0.1) is 0 Å². The first-order valence-corrected chi connectivity index (χ1v) is 4.99. The Bertz CT molecular complexity index is 374. The molecule has 82 valence electrons. The van der Waals surface area contributed by atoms with Crippen molar-refractivity contribution in [3.8, 4) is 0 Å². The standard InChI is InChI=1S/C11H12F3N/c12-7-4-8(10(14)9(13)5-7)11(15)6-2-1-3-6/h4-6,11H,1-3,15H2/t11-/m0/s1. The molecule has 0 unspecified atom stereocenters. The minimum atomic E-state index is -1.17. The van der Waals surface area contributed by atoms with Crippen molar-refractivity contribution < 1.29 is 13.2 Å². The lowest BCUT2D eigenvalue weighted by atomic mass is 9.77. The van der Waals surface area contributed by atoms with E-state index in [4.69, 9.17) is 5.73 Å². The fourth-order valence-electron chi connectivity index (χ4n) is 1.87. The third-order valence-electron chi connectivity index (χ3n) is 3.04. The monoisotopic (exact) mass is 215 g/mol. The quantitative estimate of drug-likeness (QED) is 0.754. The van der Waals surface area contributed by atoms with Crippen molar-refractivity contribution in [2.45, 2.75) is 25.3 Å². The fraction of sp³-hybridized carbons (Fsp3) is 0.455. The van der Waals surface area contributed by atoms with Crippen LogP contribution in [0.5, 0.6) is 0 Å². The van der Waals surface area contributed by atoms with Gasteiger partial charge in [0.2, 0.25) is 0 Å². The number of benzene rings is 1. The summed E-state index contributed by atoms with van der Waals surface area (Å²) in [5, 5.41) is 0. The van der Waals surface area contributed by atoms with Gasteiger partial charge in [-0.2, -0.15) is 0 Å². The highest BCUT2D eigenvalue weighted by molar-refractivity contribution is 5.24. The van der Waals surface area contributed by atoms with Crippen molar-refractivity contribution in [2.24, 2.45) is 11.7 Å². The summed E-state index contributed by atoms with van der Waals surface area (Å²) in [6.45, 7) is 0. The summed E-state index contributed by atoms with van der Waals surface area (Å²) in [7, 11) is 0. The van der Waals surface area contributed by atoms with Crippen LogP contribution in [0.25, 0.3) is 0 Å². The van der Waals surface area contributed by atoms with Gasteiger partial charge < -0.3 is 5.73 Å². The van der Waals surface area contributed by atoms with E-state index in [0.29, 0.717) is 6.07 Å². The molecule has 0 radical (unpaired) electrons. The van der Waals surface area contributed by atoms with Crippen LogP contribution in [0.15, 0.2) is 12.1 Å². The topological polar surface area (TPSA) is 26.0 Å². The average molecular weight is 215 g/mol. The van der Waals surface area contributed by atoms with Crippen LogP contribution in [0.3, 0.4) is 0 Å². The second kappa shape index (κ2) is 3.85. The predicted molar refractivity (Wildman–Crippen MR) is 50.6 cm³/mol. The van der Waals surface area contributed by atoms with E-state index in [-0.39, 0.29) is 11.5 Å². The first-order valence-electron chi connectivity index (χ1n) is 4.99. The van der Waals surface area contributed by atoms with Crippen LogP contribution in [0, 0.1) is 23.4 Å². The molecule has 2 rings (SSSR count). The molecule has 2 N–H and O–H groups in total. The van der Waals surface area contributed by atoms with Gasteiger partial charge >= 0.3 is 0 Å². The molecule has 0 heterocycles. The molecule has 1 saturated carbocycles. The summed E-state index contributed by atoms with van der Waals surface area (Å²) in [4.78, 5) is 0. The molecule has 1 aliphatic carbocycles. The summed E-state index contributed by atoms with van der Waals surface area (Å²) in [6, 6.07) is 0.928. The Morgan fingerprint density at radius 2 is 1.87 bits per heavy atom. The summed E-state index contributed by atoms with van der Waals surface area (Å²) in [6.07, 6.45) is 2.86. The highest BCUT2D eigenvalue weighted by atomic mass is 19.2. The Hall–Kier alpha value is -1.03. The van der Waals surface area contributed by atoms with Crippen LogP contribution in [0.1, 0.15) is 30.9 Å². The smallest absolute Gasteiger partial charge is 0.163 e. The van der Waals surface area contributed by atoms with Crippen LogP contribution in [0.4, 0.5) is 13.2 Å². The number of hydrogen-bond donors (Lipinski definition) is 1. The molecule has 0 aromatic heterocycles. The highest BCUT2D eigenvalue weighted by Gasteiger charge is 2.28. The second-order valence-electron chi connectivity index (χ2n) is 4.01. The predicted octanol–water partition coefficient (Wildman–Crippen LogP) is 2.90. The molecule has 1 aromatic rings. The molecule has 1 fully saturated rings. The van der Waals surface area contributed by atoms with Crippen LogP contribution in [-0.2, 0) is 0 Å². The maximum atomic E-state index is 13.3. The van der Waals surface area contributed by atoms with Gasteiger partial charge in [0, 0.05) is 17.7 Å². The lowest BCUT2D eigenvalue weighted by Gasteiger charge is -2.31. The van der Waals surface area contributed by atoms with E-state index in [9.17, 15) is 13.2 Å². The maximum absolute atomic E-state index is 13.3. The molecule has 0 bridgehead atoms. The number of hydrogen-bond acceptors (Lipinski definition) is 1. The van der Waals surface area contributed by atoms with Crippen molar-refractivity contribution in [1.82, 2.24) is 0 Å². The minimum absolute atomic E-state index is 0.0443. The van der Waals surface area contributed by atoms with Crippen molar-refractivity contribution in [2.75, 3.05) is 0 Å². The average Bonchev–Trinajstić information content (AvgIpc) is 2.08. The van der Waals surface area contributed by atoms with Gasteiger partial charge in [-0.15, -0.1) is 0 Å². The van der Waals surface area contributed by atoms with Crippen LogP contribution >= 0.6 is 0 Å². The lowest BCUT2D eigenvalue weighted by molar-refractivity contribution is 0.258. The Labute approximate surface area is 86.1 Å². The van der Waals surface area contributed by atoms with Gasteiger partial charge in [-0.25, -0.2) is 13.2 Å². The van der Waals surface area contributed by atoms with E-state index in [1.165, 1.54) is 0 Å². The molecule has 1 nitrogen and oxygen atoms in total. The SMILES string of the molecule is N[C@H](c1cc(F)cc(F)c1F)C1CCC1. The number of nitrogens with two attached hydrogens (primary N) is 1. The van der Waals surface area contributed by atoms with Crippen LogP contribution in [0.2, 0.25) is 0 Å². The Kier molecular flexibility index (Phi) is 2.69. The molecule has 4 heteroatoms. The zero-order valence-corrected chi connectivity index (χ0v) is 8.14. The summed E-state index contributed by atoms with van der Waals surface area (Å²) >= 11 is 0. The van der Waals surface area contributed by atoms with Crippen molar-refractivity contribution in [3.05, 3.63) is 35.1 Å². The highest BCUT2D eigenvalue weighted by Crippen LogP contribution is 2.37. The van der Waals surface area contributed by atoms with Gasteiger partial charge in [-0.1, -0.05) is 6.42 Å². The molecule has 0 amide bonds. The summed E-state index contributed by atoms with van der Waals surface area (Å²) in [5.74, 6) is -2.81. The molecular weight excluding hydrogens is 203 g/mol. The van der Waals surface area contributed by atoms with Gasteiger partial charge in [0.25, 0.3) is 0 Å². The van der Waals surface area contributed by atoms with E-state index >= 15 is 0 Å². The van der Waals surface area contributed by atoms with E-state index in [1.807, 2.05) is 0 Å². The van der Waals surface area contributed by atoms with Crippen molar-refractivity contribution >= 4 is 0 Å². The molecule has 1 aromatic carbocycles. The van der Waals surface area contributed by atoms with Crippen LogP contribution in [-0.4, -0.2) is 0 Å². The third-order valence-corrected chi connectivity index (χ3v) is 3.04. The second-order valence-corrected chi connectivity index (χ2v) is 4.01. The van der Waals surface area contributed by atoms with E-state index in [1.54, 1.807) is 0 Å². The Balaban J connectivity index is 2.33. The fourth-order valence-corrected chi connectivity index (χ4v) is 1.87.